The van der Waals surface area contributed by atoms with Gasteiger partial charge in [0.2, 0.25) is 5.91 Å². The molecule has 4 fully saturated rings. The van der Waals surface area contributed by atoms with Crippen LogP contribution in [-0.4, -0.2) is 111 Å². The van der Waals surface area contributed by atoms with Crippen LogP contribution >= 0.6 is 0 Å². The monoisotopic (exact) mass is 364 g/mol. The number of nitrogens with zero attached hydrogens (tertiary/aromatic N) is 4. The molecule has 4 rings (SSSR count). The largest absolute Gasteiger partial charge is 0.378 e. The van der Waals surface area contributed by atoms with E-state index in [9.17, 15) is 4.79 Å². The first kappa shape index (κ1) is 18.7. The topological polar surface area (TPSA) is 39.3 Å². The van der Waals surface area contributed by atoms with Gasteiger partial charge < -0.3 is 19.4 Å². The molecule has 4 aliphatic heterocycles. The minimum absolute atomic E-state index is 0.0861. The number of ether oxygens (including phenoxy) is 1. The molecule has 0 aliphatic carbocycles. The predicted octanol–water partition coefficient (Wildman–Crippen LogP) is 0.726. The second kappa shape index (κ2) is 7.74. The Kier molecular flexibility index (Phi) is 5.56. The van der Waals surface area contributed by atoms with Crippen LogP contribution < -0.4 is 0 Å². The molecule has 26 heavy (non-hydrogen) atoms. The number of amides is 1. The van der Waals surface area contributed by atoms with Gasteiger partial charge in [-0.2, -0.15) is 0 Å². The van der Waals surface area contributed by atoms with E-state index < -0.39 is 0 Å². The summed E-state index contributed by atoms with van der Waals surface area (Å²) in [7, 11) is 4.39. The summed E-state index contributed by atoms with van der Waals surface area (Å²) in [5.74, 6) is 0.338. The number of morpholine rings is 1. The standard InChI is InChI=1S/C20H36N4O2/c1-21-7-3-17(4-8-21)23-9-5-20(6-10-23)15-18(22(2)16-20)19(25)24-11-13-26-14-12-24/h17-18H,3-16H2,1-2H3. The highest BCUT2D eigenvalue weighted by atomic mass is 16.5. The molecular weight excluding hydrogens is 328 g/mol. The molecule has 1 unspecified atom stereocenters. The van der Waals surface area contributed by atoms with E-state index >= 15 is 0 Å². The molecule has 0 aromatic rings. The van der Waals surface area contributed by atoms with Crippen LogP contribution in [0.5, 0.6) is 0 Å². The van der Waals surface area contributed by atoms with E-state index in [1.165, 1.54) is 51.9 Å². The quantitative estimate of drug-likeness (QED) is 0.722. The van der Waals surface area contributed by atoms with Crippen molar-refractivity contribution >= 4 is 5.91 Å². The summed E-state index contributed by atoms with van der Waals surface area (Å²) >= 11 is 0. The van der Waals surface area contributed by atoms with E-state index in [-0.39, 0.29) is 6.04 Å². The third kappa shape index (κ3) is 3.79. The van der Waals surface area contributed by atoms with Crippen LogP contribution in [0.2, 0.25) is 0 Å². The minimum atomic E-state index is 0.0861. The average Bonchev–Trinajstić information content (AvgIpc) is 2.99. The van der Waals surface area contributed by atoms with Gasteiger partial charge in [0.25, 0.3) is 0 Å². The van der Waals surface area contributed by atoms with Crippen molar-refractivity contribution in [1.82, 2.24) is 19.6 Å². The lowest BCUT2D eigenvalue weighted by Crippen LogP contribution is -2.49. The lowest BCUT2D eigenvalue weighted by Gasteiger charge is -2.44. The Labute approximate surface area is 158 Å². The Morgan fingerprint density at radius 2 is 1.62 bits per heavy atom. The average molecular weight is 365 g/mol. The van der Waals surface area contributed by atoms with Gasteiger partial charge in [0.15, 0.2) is 0 Å². The van der Waals surface area contributed by atoms with E-state index in [1.807, 2.05) is 4.90 Å². The van der Waals surface area contributed by atoms with Gasteiger partial charge >= 0.3 is 0 Å². The van der Waals surface area contributed by atoms with Crippen LogP contribution in [0.3, 0.4) is 0 Å². The van der Waals surface area contributed by atoms with Crippen molar-refractivity contribution in [2.75, 3.05) is 73.1 Å². The van der Waals surface area contributed by atoms with Crippen molar-refractivity contribution in [3.8, 4) is 0 Å². The molecule has 1 amide bonds. The summed E-state index contributed by atoms with van der Waals surface area (Å²) in [4.78, 5) is 22.6. The molecule has 1 spiro atoms. The fraction of sp³-hybridized carbons (Fsp3) is 0.950. The zero-order valence-electron chi connectivity index (χ0n) is 16.7. The molecule has 0 aromatic carbocycles. The van der Waals surface area contributed by atoms with Crippen LogP contribution in [0.15, 0.2) is 0 Å². The zero-order valence-corrected chi connectivity index (χ0v) is 16.7. The van der Waals surface area contributed by atoms with Crippen molar-refractivity contribution in [2.45, 2.75) is 44.2 Å². The Hall–Kier alpha value is -0.690. The van der Waals surface area contributed by atoms with Crippen LogP contribution in [0.4, 0.5) is 0 Å². The Morgan fingerprint density at radius 3 is 2.27 bits per heavy atom. The van der Waals surface area contributed by atoms with Crippen molar-refractivity contribution in [3.63, 3.8) is 0 Å². The first-order valence-electron chi connectivity index (χ1n) is 10.6. The lowest BCUT2D eigenvalue weighted by molar-refractivity contribution is -0.139. The lowest BCUT2D eigenvalue weighted by atomic mass is 9.76. The van der Waals surface area contributed by atoms with Crippen LogP contribution in [-0.2, 0) is 9.53 Å². The van der Waals surface area contributed by atoms with Crippen molar-refractivity contribution in [2.24, 2.45) is 5.41 Å². The fourth-order valence-electron chi connectivity index (χ4n) is 5.63. The van der Waals surface area contributed by atoms with Crippen molar-refractivity contribution in [1.29, 1.82) is 0 Å². The molecule has 4 heterocycles. The Bertz CT molecular complexity index is 492. The predicted molar refractivity (Wildman–Crippen MR) is 102 cm³/mol. The maximum atomic E-state index is 13.0. The van der Waals surface area contributed by atoms with E-state index in [0.29, 0.717) is 24.5 Å². The van der Waals surface area contributed by atoms with Gasteiger partial charge in [0.05, 0.1) is 19.3 Å². The second-order valence-corrected chi connectivity index (χ2v) is 9.14. The Morgan fingerprint density at radius 1 is 0.962 bits per heavy atom. The molecule has 0 saturated carbocycles. The van der Waals surface area contributed by atoms with Crippen molar-refractivity contribution in [3.05, 3.63) is 0 Å². The minimum Gasteiger partial charge on any atom is -0.378 e. The molecule has 6 heteroatoms. The fourth-order valence-corrected chi connectivity index (χ4v) is 5.63. The van der Waals surface area contributed by atoms with Crippen LogP contribution in [0, 0.1) is 5.41 Å². The molecule has 4 aliphatic rings. The molecule has 0 N–H and O–H groups in total. The van der Waals surface area contributed by atoms with Gasteiger partial charge in [0.1, 0.15) is 0 Å². The molecular formula is C20H36N4O2. The molecule has 4 saturated heterocycles. The number of rotatable bonds is 2. The van der Waals surface area contributed by atoms with Crippen molar-refractivity contribution < 1.29 is 9.53 Å². The van der Waals surface area contributed by atoms with Gasteiger partial charge in [0, 0.05) is 25.7 Å². The highest BCUT2D eigenvalue weighted by molar-refractivity contribution is 5.82. The van der Waals surface area contributed by atoms with Gasteiger partial charge in [-0.1, -0.05) is 0 Å². The van der Waals surface area contributed by atoms with E-state index in [1.54, 1.807) is 0 Å². The van der Waals surface area contributed by atoms with Crippen LogP contribution in [0.1, 0.15) is 32.1 Å². The SMILES string of the molecule is CN1CCC(N2CCC3(CC2)CC(C(=O)N2CCOCC2)N(C)C3)CC1. The number of piperidine rings is 2. The third-order valence-electron chi connectivity index (χ3n) is 7.41. The normalized spacial score (nSPS) is 32.4. The molecule has 1 atom stereocenters. The van der Waals surface area contributed by atoms with Gasteiger partial charge in [-0.15, -0.1) is 0 Å². The van der Waals surface area contributed by atoms with Gasteiger partial charge in [-0.05, 0) is 77.8 Å². The molecule has 148 valence electrons. The summed E-state index contributed by atoms with van der Waals surface area (Å²) in [6, 6.07) is 0.872. The summed E-state index contributed by atoms with van der Waals surface area (Å²) in [6.07, 6.45) is 6.22. The molecule has 6 nitrogen and oxygen atoms in total. The molecule has 0 radical (unpaired) electrons. The Balaban J connectivity index is 1.32. The maximum absolute atomic E-state index is 13.0. The summed E-state index contributed by atoms with van der Waals surface area (Å²) < 4.78 is 5.41. The highest BCUT2D eigenvalue weighted by Gasteiger charge is 2.48. The first-order chi connectivity index (χ1) is 12.6. The summed E-state index contributed by atoms with van der Waals surface area (Å²) in [5.41, 5.74) is 0.364. The number of carbonyl (C=O) groups excluding carboxylic acids is 1. The number of carbonyl (C=O) groups is 1. The highest BCUT2D eigenvalue weighted by Crippen LogP contribution is 2.44. The maximum Gasteiger partial charge on any atom is 0.240 e. The van der Waals surface area contributed by atoms with E-state index in [0.717, 1.165) is 32.1 Å². The zero-order chi connectivity index (χ0) is 18.1. The van der Waals surface area contributed by atoms with E-state index in [4.69, 9.17) is 4.74 Å². The number of hydrogen-bond donors (Lipinski definition) is 0. The van der Waals surface area contributed by atoms with Gasteiger partial charge in [-0.25, -0.2) is 0 Å². The molecule has 0 aromatic heterocycles. The third-order valence-corrected chi connectivity index (χ3v) is 7.41. The summed E-state index contributed by atoms with van der Waals surface area (Å²) in [6.45, 7) is 8.94. The number of hydrogen-bond acceptors (Lipinski definition) is 5. The van der Waals surface area contributed by atoms with E-state index in [2.05, 4.69) is 28.8 Å². The smallest absolute Gasteiger partial charge is 0.240 e. The second-order valence-electron chi connectivity index (χ2n) is 9.14. The number of likely N-dealkylation sites (tertiary alicyclic amines) is 3. The summed E-state index contributed by atoms with van der Waals surface area (Å²) in [5, 5.41) is 0. The first-order valence-corrected chi connectivity index (χ1v) is 10.6. The molecule has 0 bridgehead atoms. The van der Waals surface area contributed by atoms with Crippen LogP contribution in [0.25, 0.3) is 0 Å². The number of likely N-dealkylation sites (N-methyl/N-ethyl adjacent to an activating group) is 1. The van der Waals surface area contributed by atoms with Gasteiger partial charge in [-0.3, -0.25) is 9.69 Å².